The van der Waals surface area contributed by atoms with Crippen molar-refractivity contribution in [1.82, 2.24) is 0 Å². The molecule has 0 amide bonds. The summed E-state index contributed by atoms with van der Waals surface area (Å²) in [5.74, 6) is 1.76. The number of rotatable bonds is 3. The summed E-state index contributed by atoms with van der Waals surface area (Å²) in [7, 11) is 3.42. The Morgan fingerprint density at radius 2 is 1.42 bits per heavy atom. The Morgan fingerprint density at radius 1 is 0.792 bits per heavy atom. The zero-order valence-electron chi connectivity index (χ0n) is 13.3. The molecule has 0 saturated carbocycles. The van der Waals surface area contributed by atoms with Crippen molar-refractivity contribution < 1.29 is 9.47 Å². The van der Waals surface area contributed by atoms with Crippen LogP contribution >= 0.6 is 33.9 Å². The Bertz CT molecular complexity index is 1040. The molecule has 1 aromatic heterocycles. The average molecular weight is 446 g/mol. The van der Waals surface area contributed by atoms with Crippen LogP contribution in [0.5, 0.6) is 11.5 Å². The van der Waals surface area contributed by atoms with Crippen LogP contribution in [0, 0.1) is 3.57 Å². The Hall–Kier alpha value is -1.79. The second-order valence-corrected chi connectivity index (χ2v) is 7.52. The van der Waals surface area contributed by atoms with Gasteiger partial charge in [-0.1, -0.05) is 18.2 Å². The summed E-state index contributed by atoms with van der Waals surface area (Å²) in [5, 5.41) is 7.03. The number of halogens is 1. The van der Waals surface area contributed by atoms with Crippen LogP contribution in [0.25, 0.3) is 32.0 Å². The first-order chi connectivity index (χ1) is 11.7. The van der Waals surface area contributed by atoms with E-state index in [1.165, 1.54) is 35.6 Å². The topological polar surface area (TPSA) is 18.5 Å². The summed E-state index contributed by atoms with van der Waals surface area (Å²) in [6.45, 7) is 0. The van der Waals surface area contributed by atoms with Crippen molar-refractivity contribution in [3.63, 3.8) is 0 Å². The second kappa shape index (κ2) is 6.26. The Kier molecular flexibility index (Phi) is 4.10. The molecule has 4 rings (SSSR count). The van der Waals surface area contributed by atoms with Gasteiger partial charge in [-0.3, -0.25) is 0 Å². The normalized spacial score (nSPS) is 11.1. The third kappa shape index (κ3) is 2.45. The summed E-state index contributed by atoms with van der Waals surface area (Å²) in [5.41, 5.74) is 1.26. The Balaban J connectivity index is 2.20. The number of hydrogen-bond acceptors (Lipinski definition) is 3. The van der Waals surface area contributed by atoms with E-state index in [0.717, 1.165) is 11.5 Å². The predicted molar refractivity (Wildman–Crippen MR) is 111 cm³/mol. The van der Waals surface area contributed by atoms with Crippen LogP contribution in [0.2, 0.25) is 0 Å². The minimum absolute atomic E-state index is 0.879. The van der Waals surface area contributed by atoms with Gasteiger partial charge in [-0.15, -0.1) is 11.3 Å². The van der Waals surface area contributed by atoms with E-state index in [1.54, 1.807) is 25.6 Å². The first kappa shape index (κ1) is 15.7. The van der Waals surface area contributed by atoms with E-state index in [4.69, 9.17) is 9.47 Å². The molecule has 0 atom stereocenters. The molecule has 0 bridgehead atoms. The van der Waals surface area contributed by atoms with Gasteiger partial charge in [-0.2, -0.15) is 0 Å². The molecule has 2 nitrogen and oxygen atoms in total. The summed E-state index contributed by atoms with van der Waals surface area (Å²) in [4.78, 5) is 1.27. The van der Waals surface area contributed by atoms with E-state index in [-0.39, 0.29) is 0 Å². The third-order valence-corrected chi connectivity index (χ3v) is 6.24. The first-order valence-electron chi connectivity index (χ1n) is 7.53. The summed E-state index contributed by atoms with van der Waals surface area (Å²) in [6.07, 6.45) is 0. The molecule has 24 heavy (non-hydrogen) atoms. The van der Waals surface area contributed by atoms with Gasteiger partial charge in [-0.05, 0) is 79.8 Å². The number of fused-ring (bicyclic) bond motifs is 3. The number of hydrogen-bond donors (Lipinski definition) is 0. The monoisotopic (exact) mass is 446 g/mol. The van der Waals surface area contributed by atoms with E-state index in [0.29, 0.717) is 0 Å². The van der Waals surface area contributed by atoms with Crippen LogP contribution < -0.4 is 9.47 Å². The molecule has 4 aromatic rings. The maximum Gasteiger partial charge on any atom is 0.119 e. The maximum absolute atomic E-state index is 5.46. The zero-order valence-corrected chi connectivity index (χ0v) is 16.3. The molecule has 0 aliphatic heterocycles. The lowest BCUT2D eigenvalue weighted by Gasteiger charge is -2.15. The highest BCUT2D eigenvalue weighted by molar-refractivity contribution is 14.1. The third-order valence-electron chi connectivity index (χ3n) is 4.24. The van der Waals surface area contributed by atoms with Crippen molar-refractivity contribution in [3.05, 3.63) is 57.5 Å². The SMILES string of the molecule is COc1ccc2c(c1)c(I)c(-c1cccs1)c1cc(OC)ccc12. The van der Waals surface area contributed by atoms with Gasteiger partial charge in [0.1, 0.15) is 11.5 Å². The highest BCUT2D eigenvalue weighted by atomic mass is 127. The molecule has 0 saturated heterocycles. The van der Waals surface area contributed by atoms with Crippen molar-refractivity contribution in [1.29, 1.82) is 0 Å². The molecule has 4 heteroatoms. The highest BCUT2D eigenvalue weighted by Crippen LogP contribution is 2.43. The molecule has 3 aromatic carbocycles. The van der Waals surface area contributed by atoms with Gasteiger partial charge < -0.3 is 9.47 Å². The molecule has 0 spiro atoms. The van der Waals surface area contributed by atoms with Gasteiger partial charge in [0.25, 0.3) is 0 Å². The van der Waals surface area contributed by atoms with Crippen LogP contribution in [0.1, 0.15) is 0 Å². The van der Waals surface area contributed by atoms with E-state index in [1.807, 2.05) is 12.1 Å². The van der Waals surface area contributed by atoms with Crippen molar-refractivity contribution in [2.45, 2.75) is 0 Å². The smallest absolute Gasteiger partial charge is 0.119 e. The number of methoxy groups -OCH3 is 2. The molecule has 0 aliphatic rings. The van der Waals surface area contributed by atoms with Gasteiger partial charge in [-0.25, -0.2) is 0 Å². The van der Waals surface area contributed by atoms with Gasteiger partial charge in [0.15, 0.2) is 0 Å². The fraction of sp³-hybridized carbons (Fsp3) is 0.100. The minimum Gasteiger partial charge on any atom is -0.497 e. The lowest BCUT2D eigenvalue weighted by molar-refractivity contribution is 0.415. The molecular weight excluding hydrogens is 431 g/mol. The van der Waals surface area contributed by atoms with E-state index < -0.39 is 0 Å². The van der Waals surface area contributed by atoms with Crippen LogP contribution in [-0.4, -0.2) is 14.2 Å². The van der Waals surface area contributed by atoms with Crippen molar-refractivity contribution in [2.24, 2.45) is 0 Å². The van der Waals surface area contributed by atoms with Crippen LogP contribution in [0.15, 0.2) is 53.9 Å². The summed E-state index contributed by atoms with van der Waals surface area (Å²) in [6, 6.07) is 16.9. The number of thiophene rings is 1. The summed E-state index contributed by atoms with van der Waals surface area (Å²) >= 11 is 4.22. The Morgan fingerprint density at radius 3 is 2.00 bits per heavy atom. The van der Waals surface area contributed by atoms with Crippen LogP contribution in [0.3, 0.4) is 0 Å². The molecular formula is C20H15IO2S. The molecule has 0 unspecified atom stereocenters. The molecule has 120 valence electrons. The fourth-order valence-corrected chi connectivity index (χ4v) is 5.07. The van der Waals surface area contributed by atoms with Gasteiger partial charge in [0.2, 0.25) is 0 Å². The minimum atomic E-state index is 0.879. The molecule has 0 N–H and O–H groups in total. The number of benzene rings is 3. The molecule has 0 radical (unpaired) electrons. The first-order valence-corrected chi connectivity index (χ1v) is 9.49. The largest absolute Gasteiger partial charge is 0.497 e. The lowest BCUT2D eigenvalue weighted by Crippen LogP contribution is -1.91. The van der Waals surface area contributed by atoms with Crippen molar-refractivity contribution in [2.75, 3.05) is 14.2 Å². The summed E-state index contributed by atoms with van der Waals surface area (Å²) < 4.78 is 12.1. The van der Waals surface area contributed by atoms with E-state index >= 15 is 0 Å². The van der Waals surface area contributed by atoms with Gasteiger partial charge in [0.05, 0.1) is 14.2 Å². The standard InChI is InChI=1S/C20H15IO2S/c1-22-12-5-7-14-15-8-6-13(23-2)11-17(15)20(21)19(16(14)10-12)18-4-3-9-24-18/h3-11H,1-2H3. The average Bonchev–Trinajstić information content (AvgIpc) is 3.15. The van der Waals surface area contributed by atoms with Gasteiger partial charge >= 0.3 is 0 Å². The highest BCUT2D eigenvalue weighted by Gasteiger charge is 2.16. The molecule has 1 heterocycles. The fourth-order valence-electron chi connectivity index (χ4n) is 3.07. The van der Waals surface area contributed by atoms with E-state index in [9.17, 15) is 0 Å². The number of ether oxygens (including phenoxy) is 2. The second-order valence-electron chi connectivity index (χ2n) is 5.49. The van der Waals surface area contributed by atoms with Gasteiger partial charge in [0, 0.05) is 14.0 Å². The van der Waals surface area contributed by atoms with Crippen LogP contribution in [-0.2, 0) is 0 Å². The maximum atomic E-state index is 5.46. The van der Waals surface area contributed by atoms with Crippen molar-refractivity contribution in [3.8, 4) is 21.9 Å². The predicted octanol–water partition coefficient (Wildman–Crippen LogP) is 6.34. The van der Waals surface area contributed by atoms with E-state index in [2.05, 4.69) is 64.4 Å². The zero-order chi connectivity index (χ0) is 16.7. The molecule has 0 fully saturated rings. The van der Waals surface area contributed by atoms with Crippen LogP contribution in [0.4, 0.5) is 0 Å². The lowest BCUT2D eigenvalue weighted by atomic mass is 9.96. The Labute approximate surface area is 158 Å². The molecule has 0 aliphatic carbocycles. The van der Waals surface area contributed by atoms with Crippen molar-refractivity contribution >= 4 is 55.5 Å². The quantitative estimate of drug-likeness (QED) is 0.270.